The minimum Gasteiger partial charge on any atom is -0.369 e. The lowest BCUT2D eigenvalue weighted by Gasteiger charge is -2.35. The van der Waals surface area contributed by atoms with Gasteiger partial charge < -0.3 is 16.0 Å². The third kappa shape index (κ3) is 4.45. The summed E-state index contributed by atoms with van der Waals surface area (Å²) >= 11 is 0. The monoisotopic (exact) mass is 346 g/mol. The fourth-order valence-corrected chi connectivity index (χ4v) is 3.43. The molecule has 2 atom stereocenters. The molecule has 25 heavy (non-hydrogen) atoms. The van der Waals surface area contributed by atoms with E-state index in [-0.39, 0.29) is 23.7 Å². The van der Waals surface area contributed by atoms with E-state index in [0.29, 0.717) is 6.54 Å². The molecule has 0 bridgehead atoms. The summed E-state index contributed by atoms with van der Waals surface area (Å²) in [6.45, 7) is 5.37. The van der Waals surface area contributed by atoms with E-state index in [1.165, 1.54) is 0 Å². The van der Waals surface area contributed by atoms with E-state index in [2.05, 4.69) is 25.1 Å². The van der Waals surface area contributed by atoms with Crippen LogP contribution in [0.15, 0.2) is 18.5 Å². The summed E-state index contributed by atoms with van der Waals surface area (Å²) in [6, 6.07) is 1.82. The Morgan fingerprint density at radius 2 is 1.80 bits per heavy atom. The molecule has 3 N–H and O–H groups in total. The van der Waals surface area contributed by atoms with Crippen LogP contribution in [0.3, 0.4) is 0 Å². The van der Waals surface area contributed by atoms with Crippen molar-refractivity contribution in [1.29, 1.82) is 0 Å². The number of hydrogen-bond acceptors (Lipinski definition) is 6. The second-order valence-electron chi connectivity index (χ2n) is 6.71. The molecule has 1 aromatic rings. The predicted octanol–water partition coefficient (Wildman–Crippen LogP) is -0.384. The molecule has 2 aliphatic rings. The summed E-state index contributed by atoms with van der Waals surface area (Å²) in [7, 11) is 0. The van der Waals surface area contributed by atoms with Crippen LogP contribution in [0.1, 0.15) is 19.3 Å². The zero-order chi connectivity index (χ0) is 17.6. The van der Waals surface area contributed by atoms with Crippen LogP contribution in [-0.2, 0) is 9.59 Å². The Balaban J connectivity index is 1.30. The maximum atomic E-state index is 12.0. The largest absolute Gasteiger partial charge is 0.369 e. The first-order chi connectivity index (χ1) is 12.1. The fourth-order valence-electron chi connectivity index (χ4n) is 3.43. The van der Waals surface area contributed by atoms with Gasteiger partial charge in [0.1, 0.15) is 0 Å². The molecule has 1 aliphatic heterocycles. The standard InChI is InChI=1S/C17H26N6O2/c18-15(24)13-3-4-14(13)16(25)19-7-2-8-22-9-11-23(12-10-22)17-20-5-1-6-21-17/h1,5-6,13-14H,2-4,7-12H2,(H2,18,24)(H,19,25). The highest BCUT2D eigenvalue weighted by molar-refractivity contribution is 5.88. The molecule has 0 radical (unpaired) electrons. The Morgan fingerprint density at radius 3 is 2.40 bits per heavy atom. The summed E-state index contributed by atoms with van der Waals surface area (Å²) in [5, 5.41) is 2.94. The smallest absolute Gasteiger partial charge is 0.225 e. The predicted molar refractivity (Wildman–Crippen MR) is 93.7 cm³/mol. The third-order valence-electron chi connectivity index (χ3n) is 5.13. The maximum absolute atomic E-state index is 12.0. The van der Waals surface area contributed by atoms with Crippen molar-refractivity contribution in [3.63, 3.8) is 0 Å². The molecule has 1 aliphatic carbocycles. The van der Waals surface area contributed by atoms with Crippen molar-refractivity contribution in [3.8, 4) is 0 Å². The molecule has 3 rings (SSSR count). The second-order valence-corrected chi connectivity index (χ2v) is 6.71. The van der Waals surface area contributed by atoms with Crippen molar-refractivity contribution in [1.82, 2.24) is 20.2 Å². The molecule has 0 aromatic carbocycles. The minimum atomic E-state index is -0.355. The van der Waals surface area contributed by atoms with Gasteiger partial charge in [-0.1, -0.05) is 0 Å². The number of nitrogens with zero attached hydrogens (tertiary/aromatic N) is 4. The summed E-state index contributed by atoms with van der Waals surface area (Å²) in [5.41, 5.74) is 5.29. The Morgan fingerprint density at radius 1 is 1.12 bits per heavy atom. The van der Waals surface area contributed by atoms with Gasteiger partial charge in [0.05, 0.1) is 0 Å². The lowest BCUT2D eigenvalue weighted by Crippen LogP contribution is -2.48. The molecule has 1 saturated heterocycles. The molecule has 1 saturated carbocycles. The van der Waals surface area contributed by atoms with Crippen molar-refractivity contribution in [3.05, 3.63) is 18.5 Å². The number of hydrogen-bond donors (Lipinski definition) is 2. The third-order valence-corrected chi connectivity index (χ3v) is 5.13. The second kappa shape index (κ2) is 8.24. The van der Waals surface area contributed by atoms with Gasteiger partial charge in [-0.05, 0) is 31.9 Å². The summed E-state index contributed by atoms with van der Waals surface area (Å²) in [4.78, 5) is 36.4. The van der Waals surface area contributed by atoms with E-state index >= 15 is 0 Å². The highest BCUT2D eigenvalue weighted by atomic mass is 16.2. The molecule has 8 heteroatoms. The number of piperazine rings is 1. The number of nitrogens with two attached hydrogens (primary N) is 1. The SMILES string of the molecule is NC(=O)C1CCC1C(=O)NCCCN1CCN(c2ncccn2)CC1. The minimum absolute atomic E-state index is 0.0268. The van der Waals surface area contributed by atoms with E-state index in [9.17, 15) is 9.59 Å². The number of carbonyl (C=O) groups excluding carboxylic acids is 2. The fraction of sp³-hybridized carbons (Fsp3) is 0.647. The molecule has 1 aromatic heterocycles. The van der Waals surface area contributed by atoms with Crippen molar-refractivity contribution in [2.24, 2.45) is 17.6 Å². The molecule has 2 amide bonds. The Hall–Kier alpha value is -2.22. The summed E-state index contributed by atoms with van der Waals surface area (Å²) < 4.78 is 0. The van der Waals surface area contributed by atoms with Gasteiger partial charge in [-0.15, -0.1) is 0 Å². The molecule has 0 spiro atoms. The number of aromatic nitrogens is 2. The first kappa shape index (κ1) is 17.6. The zero-order valence-electron chi connectivity index (χ0n) is 14.4. The zero-order valence-corrected chi connectivity index (χ0v) is 14.4. The number of nitrogens with one attached hydrogen (secondary N) is 1. The molecule has 136 valence electrons. The van der Waals surface area contributed by atoms with Gasteiger partial charge in [-0.25, -0.2) is 9.97 Å². The van der Waals surface area contributed by atoms with Crippen molar-refractivity contribution < 1.29 is 9.59 Å². The normalized spacial score (nSPS) is 23.8. The Kier molecular flexibility index (Phi) is 5.80. The van der Waals surface area contributed by atoms with Gasteiger partial charge in [-0.3, -0.25) is 14.5 Å². The van der Waals surface area contributed by atoms with Crippen LogP contribution in [0.2, 0.25) is 0 Å². The Labute approximate surface area is 147 Å². The molecular formula is C17H26N6O2. The van der Waals surface area contributed by atoms with Crippen LogP contribution in [0, 0.1) is 11.8 Å². The van der Waals surface area contributed by atoms with E-state index in [4.69, 9.17) is 5.73 Å². The van der Waals surface area contributed by atoms with Crippen LogP contribution in [0.4, 0.5) is 5.95 Å². The molecular weight excluding hydrogens is 320 g/mol. The van der Waals surface area contributed by atoms with Gasteiger partial charge >= 0.3 is 0 Å². The maximum Gasteiger partial charge on any atom is 0.225 e. The molecule has 8 nitrogen and oxygen atoms in total. The van der Waals surface area contributed by atoms with E-state index in [1.54, 1.807) is 12.4 Å². The van der Waals surface area contributed by atoms with Crippen LogP contribution >= 0.6 is 0 Å². The van der Waals surface area contributed by atoms with Crippen molar-refractivity contribution in [2.75, 3.05) is 44.2 Å². The lowest BCUT2D eigenvalue weighted by molar-refractivity contribution is -0.138. The van der Waals surface area contributed by atoms with E-state index < -0.39 is 0 Å². The number of primary amides is 1. The first-order valence-corrected chi connectivity index (χ1v) is 8.96. The number of amides is 2. The molecule has 2 unspecified atom stereocenters. The first-order valence-electron chi connectivity index (χ1n) is 8.96. The average Bonchev–Trinajstić information content (AvgIpc) is 2.58. The van der Waals surface area contributed by atoms with Crippen molar-refractivity contribution in [2.45, 2.75) is 19.3 Å². The van der Waals surface area contributed by atoms with Gasteiger partial charge in [0.15, 0.2) is 0 Å². The van der Waals surface area contributed by atoms with E-state index in [1.807, 2.05) is 6.07 Å². The highest BCUT2D eigenvalue weighted by Gasteiger charge is 2.39. The number of rotatable bonds is 7. The van der Waals surface area contributed by atoms with Crippen LogP contribution in [-0.4, -0.2) is 66.0 Å². The lowest BCUT2D eigenvalue weighted by atomic mass is 9.72. The van der Waals surface area contributed by atoms with Gasteiger partial charge in [0, 0.05) is 57.0 Å². The quantitative estimate of drug-likeness (QED) is 0.652. The van der Waals surface area contributed by atoms with Gasteiger partial charge in [0.25, 0.3) is 0 Å². The van der Waals surface area contributed by atoms with E-state index in [0.717, 1.165) is 57.9 Å². The Bertz CT molecular complexity index is 588. The molecule has 2 heterocycles. The number of carbonyl (C=O) groups is 2. The average molecular weight is 346 g/mol. The summed E-state index contributed by atoms with van der Waals surface area (Å²) in [6.07, 6.45) is 5.94. The molecule has 2 fully saturated rings. The van der Waals surface area contributed by atoms with Gasteiger partial charge in [0.2, 0.25) is 17.8 Å². The van der Waals surface area contributed by atoms with Crippen LogP contribution in [0.25, 0.3) is 0 Å². The van der Waals surface area contributed by atoms with Crippen LogP contribution in [0.5, 0.6) is 0 Å². The topological polar surface area (TPSA) is 104 Å². The summed E-state index contributed by atoms with van der Waals surface area (Å²) in [5.74, 6) is -0.0770. The van der Waals surface area contributed by atoms with Crippen molar-refractivity contribution >= 4 is 17.8 Å². The highest BCUT2D eigenvalue weighted by Crippen LogP contribution is 2.33. The van der Waals surface area contributed by atoms with Gasteiger partial charge in [-0.2, -0.15) is 0 Å². The van der Waals surface area contributed by atoms with Crippen LogP contribution < -0.4 is 16.0 Å². The number of anilines is 1.